The van der Waals surface area contributed by atoms with Crippen LogP contribution in [0.2, 0.25) is 0 Å². The third-order valence-electron chi connectivity index (χ3n) is 4.37. The summed E-state index contributed by atoms with van der Waals surface area (Å²) in [5, 5.41) is 17.6. The van der Waals surface area contributed by atoms with Crippen LogP contribution >= 0.6 is 12.2 Å². The molecule has 1 aromatic heterocycles. The molecule has 0 unspecified atom stereocenters. The molecule has 1 aliphatic rings. The van der Waals surface area contributed by atoms with Gasteiger partial charge >= 0.3 is 6.18 Å². The Bertz CT molecular complexity index is 1120. The van der Waals surface area contributed by atoms with Crippen molar-refractivity contribution in [3.05, 3.63) is 53.1 Å². The molecule has 3 rings (SSSR count). The van der Waals surface area contributed by atoms with E-state index in [4.69, 9.17) is 22.7 Å². The van der Waals surface area contributed by atoms with Crippen molar-refractivity contribution in [2.24, 2.45) is 0 Å². The van der Waals surface area contributed by atoms with Gasteiger partial charge in [0.1, 0.15) is 18.0 Å². The molecule has 1 saturated heterocycles. The summed E-state index contributed by atoms with van der Waals surface area (Å²) in [6.45, 7) is 0.211. The van der Waals surface area contributed by atoms with Gasteiger partial charge in [-0.15, -0.1) is 0 Å². The van der Waals surface area contributed by atoms with Gasteiger partial charge in [0.25, 0.3) is 0 Å². The Morgan fingerprint density at radius 3 is 2.47 bits per heavy atom. The maximum absolute atomic E-state index is 14.1. The number of halogens is 4. The molecule has 0 aliphatic carbocycles. The zero-order valence-corrected chi connectivity index (χ0v) is 15.9. The number of hydrogen-bond donors (Lipinski definition) is 0. The summed E-state index contributed by atoms with van der Waals surface area (Å²) in [6.07, 6.45) is -3.61. The maximum atomic E-state index is 14.1. The summed E-state index contributed by atoms with van der Waals surface area (Å²) in [5.74, 6) is -1.35. The molecule has 11 heteroatoms. The summed E-state index contributed by atoms with van der Waals surface area (Å²) in [6, 6.07) is 7.44. The number of amides is 1. The summed E-state index contributed by atoms with van der Waals surface area (Å²) >= 11 is 5.35. The van der Waals surface area contributed by atoms with E-state index >= 15 is 0 Å². The highest BCUT2D eigenvalue weighted by Crippen LogP contribution is 2.34. The average molecular weight is 433 g/mol. The highest BCUT2D eigenvalue weighted by molar-refractivity contribution is 7.81. The number of nitriles is 2. The van der Waals surface area contributed by atoms with Crippen LogP contribution < -0.4 is 9.80 Å². The number of thiocarbonyl (C=S) groups is 1. The largest absolute Gasteiger partial charge is 0.419 e. The van der Waals surface area contributed by atoms with E-state index in [1.54, 1.807) is 6.07 Å². The molecule has 2 heterocycles. The Morgan fingerprint density at radius 2 is 1.87 bits per heavy atom. The molecule has 1 aromatic carbocycles. The molecule has 0 N–H and O–H groups in total. The second-order valence-corrected chi connectivity index (χ2v) is 6.61. The average Bonchev–Trinajstić information content (AvgIpc) is 2.84. The molecule has 152 valence electrons. The molecule has 0 spiro atoms. The van der Waals surface area contributed by atoms with Crippen LogP contribution in [0.1, 0.15) is 29.7 Å². The number of aromatic nitrogens is 1. The van der Waals surface area contributed by atoms with Crippen molar-refractivity contribution in [2.45, 2.75) is 19.0 Å². The van der Waals surface area contributed by atoms with Crippen LogP contribution in [0.25, 0.3) is 0 Å². The second kappa shape index (κ2) is 8.05. The number of carbonyl (C=O) groups excluding carboxylic acids is 1. The summed E-state index contributed by atoms with van der Waals surface area (Å²) in [7, 11) is 0. The first-order valence-corrected chi connectivity index (χ1v) is 8.89. The van der Waals surface area contributed by atoms with Gasteiger partial charge in [-0.05, 0) is 42.9 Å². The fourth-order valence-electron chi connectivity index (χ4n) is 2.96. The van der Waals surface area contributed by atoms with Gasteiger partial charge in [-0.2, -0.15) is 23.7 Å². The third kappa shape index (κ3) is 3.93. The predicted octanol–water partition coefficient (Wildman–Crippen LogP) is 3.90. The minimum atomic E-state index is -4.86. The molecular formula is C19H11F4N5OS. The Hall–Kier alpha value is -3.57. The van der Waals surface area contributed by atoms with Gasteiger partial charge in [-0.25, -0.2) is 9.37 Å². The number of hydrogen-bond acceptors (Lipinski definition) is 5. The standard InChI is InChI=1S/C19H11F4N5OS/c20-15-7-12(4-3-11(15)8-24)27-5-1-2-17(29)28(18(27)30)13-6-14(19(21,22)23)16(9-25)26-10-13/h3-4,6-7,10H,1-2,5H2. The van der Waals surface area contributed by atoms with E-state index in [1.165, 1.54) is 23.1 Å². The third-order valence-corrected chi connectivity index (χ3v) is 4.77. The molecule has 6 nitrogen and oxygen atoms in total. The molecule has 0 saturated carbocycles. The van der Waals surface area contributed by atoms with Gasteiger partial charge in [-0.3, -0.25) is 9.69 Å². The maximum Gasteiger partial charge on any atom is 0.419 e. The second-order valence-electron chi connectivity index (χ2n) is 6.24. The number of rotatable bonds is 2. The lowest BCUT2D eigenvalue weighted by Gasteiger charge is -2.30. The molecule has 0 atom stereocenters. The van der Waals surface area contributed by atoms with E-state index in [-0.39, 0.29) is 35.0 Å². The molecule has 0 bridgehead atoms. The smallest absolute Gasteiger partial charge is 0.318 e. The lowest BCUT2D eigenvalue weighted by atomic mass is 10.1. The lowest BCUT2D eigenvalue weighted by molar-refractivity contribution is -0.138. The first-order chi connectivity index (χ1) is 14.2. The highest BCUT2D eigenvalue weighted by Gasteiger charge is 2.37. The summed E-state index contributed by atoms with van der Waals surface area (Å²) in [4.78, 5) is 18.4. The zero-order valence-electron chi connectivity index (χ0n) is 15.1. The van der Waals surface area contributed by atoms with Gasteiger partial charge in [0, 0.05) is 18.7 Å². The molecule has 1 amide bonds. The first-order valence-electron chi connectivity index (χ1n) is 8.49. The molecule has 1 aliphatic heterocycles. The minimum Gasteiger partial charge on any atom is -0.318 e. The molecular weight excluding hydrogens is 422 g/mol. The van der Waals surface area contributed by atoms with Crippen LogP contribution in [0.15, 0.2) is 30.5 Å². The van der Waals surface area contributed by atoms with Crippen LogP contribution in [0.3, 0.4) is 0 Å². The molecule has 30 heavy (non-hydrogen) atoms. The normalized spacial score (nSPS) is 14.9. The number of alkyl halides is 3. The van der Waals surface area contributed by atoms with Crippen molar-refractivity contribution < 1.29 is 22.4 Å². The Balaban J connectivity index is 2.07. The summed E-state index contributed by atoms with van der Waals surface area (Å²) in [5.41, 5.74) is -2.31. The SMILES string of the molecule is N#Cc1ccc(N2CCCC(=O)N(c3cnc(C#N)c(C(F)(F)F)c3)C2=S)cc1F. The van der Waals surface area contributed by atoms with Crippen molar-refractivity contribution in [1.82, 2.24) is 4.98 Å². The number of carbonyl (C=O) groups is 1. The van der Waals surface area contributed by atoms with Crippen LogP contribution in [-0.2, 0) is 11.0 Å². The quantitative estimate of drug-likeness (QED) is 0.528. The van der Waals surface area contributed by atoms with E-state index in [0.29, 0.717) is 12.5 Å². The van der Waals surface area contributed by atoms with Crippen LogP contribution in [-0.4, -0.2) is 22.5 Å². The van der Waals surface area contributed by atoms with Gasteiger partial charge in [0.2, 0.25) is 5.91 Å². The molecule has 2 aromatic rings. The van der Waals surface area contributed by atoms with Gasteiger partial charge in [0.05, 0.1) is 23.0 Å². The number of pyridine rings is 1. The first kappa shape index (κ1) is 21.1. The van der Waals surface area contributed by atoms with E-state index in [9.17, 15) is 22.4 Å². The van der Waals surface area contributed by atoms with E-state index in [1.807, 2.05) is 0 Å². The summed E-state index contributed by atoms with van der Waals surface area (Å²) < 4.78 is 54.0. The fourth-order valence-corrected chi connectivity index (χ4v) is 3.36. The topological polar surface area (TPSA) is 84.0 Å². The highest BCUT2D eigenvalue weighted by atomic mass is 32.1. The van der Waals surface area contributed by atoms with Gasteiger partial charge in [-0.1, -0.05) is 0 Å². The van der Waals surface area contributed by atoms with Gasteiger partial charge in [0.15, 0.2) is 10.8 Å². The Labute approximate surface area is 173 Å². The number of nitrogens with zero attached hydrogens (tertiary/aromatic N) is 5. The molecule has 0 radical (unpaired) electrons. The van der Waals surface area contributed by atoms with Gasteiger partial charge < -0.3 is 4.90 Å². The fraction of sp³-hybridized carbons (Fsp3) is 0.211. The Kier molecular flexibility index (Phi) is 5.67. The monoisotopic (exact) mass is 433 g/mol. The van der Waals surface area contributed by atoms with Crippen molar-refractivity contribution in [3.8, 4) is 12.1 Å². The number of anilines is 2. The van der Waals surface area contributed by atoms with Crippen molar-refractivity contribution in [3.63, 3.8) is 0 Å². The van der Waals surface area contributed by atoms with Crippen molar-refractivity contribution in [1.29, 1.82) is 10.5 Å². The molecule has 1 fully saturated rings. The van der Waals surface area contributed by atoms with Crippen molar-refractivity contribution in [2.75, 3.05) is 16.3 Å². The predicted molar refractivity (Wildman–Crippen MR) is 102 cm³/mol. The van der Waals surface area contributed by atoms with E-state index < -0.39 is 29.2 Å². The zero-order chi connectivity index (χ0) is 22.1. The van der Waals surface area contributed by atoms with Crippen LogP contribution in [0, 0.1) is 28.5 Å². The van der Waals surface area contributed by atoms with E-state index in [2.05, 4.69) is 4.98 Å². The Morgan fingerprint density at radius 1 is 1.13 bits per heavy atom. The number of benzene rings is 1. The minimum absolute atomic E-state index is 0.0171. The van der Waals surface area contributed by atoms with Crippen molar-refractivity contribution >= 4 is 34.6 Å². The van der Waals surface area contributed by atoms with Crippen LogP contribution in [0.5, 0.6) is 0 Å². The van der Waals surface area contributed by atoms with E-state index in [0.717, 1.165) is 17.2 Å². The van der Waals surface area contributed by atoms with Crippen LogP contribution in [0.4, 0.5) is 28.9 Å². The lowest BCUT2D eigenvalue weighted by Crippen LogP contribution is -2.44.